The fourth-order valence-electron chi connectivity index (χ4n) is 2.22. The maximum absolute atomic E-state index is 13.8. The average Bonchev–Trinajstić information content (AvgIpc) is 2.89. The van der Waals surface area contributed by atoms with E-state index in [0.717, 1.165) is 15.0 Å². The summed E-state index contributed by atoms with van der Waals surface area (Å²) in [5.74, 6) is -0.540. The molecule has 3 rings (SSSR count). The topological polar surface area (TPSA) is 35.2 Å². The number of rotatable bonds is 3. The van der Waals surface area contributed by atoms with Gasteiger partial charge in [-0.15, -0.1) is 11.3 Å². The van der Waals surface area contributed by atoms with Crippen LogP contribution in [0, 0.1) is 11.6 Å². The van der Waals surface area contributed by atoms with Crippen LogP contribution >= 0.6 is 11.3 Å². The molecule has 0 bridgehead atoms. The van der Waals surface area contributed by atoms with Crippen molar-refractivity contribution in [1.82, 2.24) is 0 Å². The number of thiophene rings is 1. The number of hydrogen-bond acceptors (Lipinski definition) is 3. The van der Waals surface area contributed by atoms with E-state index < -0.39 is 11.9 Å². The maximum Gasteiger partial charge on any atom is 0.165 e. The molecule has 0 saturated carbocycles. The van der Waals surface area contributed by atoms with Crippen molar-refractivity contribution >= 4 is 21.4 Å². The fourth-order valence-corrected chi connectivity index (χ4v) is 3.34. The van der Waals surface area contributed by atoms with Crippen LogP contribution in [-0.2, 0) is 0 Å². The second-order valence-electron chi connectivity index (χ2n) is 4.70. The number of hydrogen-bond donors (Lipinski definition) is 1. The van der Waals surface area contributed by atoms with Gasteiger partial charge in [-0.25, -0.2) is 8.78 Å². The van der Waals surface area contributed by atoms with Crippen molar-refractivity contribution in [1.29, 1.82) is 0 Å². The lowest BCUT2D eigenvalue weighted by molar-refractivity contribution is 0.386. The molecule has 3 aromatic rings. The Morgan fingerprint density at radius 3 is 2.62 bits per heavy atom. The molecule has 0 radical (unpaired) electrons. The van der Waals surface area contributed by atoms with E-state index in [1.54, 1.807) is 18.2 Å². The van der Waals surface area contributed by atoms with Crippen LogP contribution < -0.4 is 10.5 Å². The molecule has 0 aliphatic heterocycles. The fraction of sp³-hybridized carbons (Fsp3) is 0.125. The van der Waals surface area contributed by atoms with Crippen LogP contribution in [0.3, 0.4) is 0 Å². The maximum atomic E-state index is 13.8. The zero-order chi connectivity index (χ0) is 15.0. The molecule has 1 atom stereocenters. The number of nitrogens with two attached hydrogens (primary N) is 1. The summed E-state index contributed by atoms with van der Waals surface area (Å²) in [7, 11) is 1.42. The Balaban J connectivity index is 1.99. The van der Waals surface area contributed by atoms with Crippen molar-refractivity contribution in [3.8, 4) is 5.75 Å². The second kappa shape index (κ2) is 5.42. The second-order valence-corrected chi connectivity index (χ2v) is 5.82. The van der Waals surface area contributed by atoms with Gasteiger partial charge < -0.3 is 10.5 Å². The summed E-state index contributed by atoms with van der Waals surface area (Å²) in [6, 6.07) is 10.7. The van der Waals surface area contributed by atoms with Gasteiger partial charge in [0.05, 0.1) is 13.2 Å². The molecule has 1 unspecified atom stereocenters. The molecule has 0 aliphatic rings. The lowest BCUT2D eigenvalue weighted by Crippen LogP contribution is -2.10. The Morgan fingerprint density at radius 1 is 1.10 bits per heavy atom. The predicted molar refractivity (Wildman–Crippen MR) is 80.8 cm³/mol. The standard InChI is InChI=1S/C16H13F2NOS/c1-20-13-5-3-10(6-12(13)18)16(19)15-7-9-2-4-11(17)8-14(9)21-15/h2-8,16H,19H2,1H3. The first-order chi connectivity index (χ1) is 10.1. The number of benzene rings is 2. The summed E-state index contributed by atoms with van der Waals surface area (Å²) >= 11 is 1.41. The third-order valence-electron chi connectivity index (χ3n) is 3.34. The van der Waals surface area contributed by atoms with Crippen molar-refractivity contribution in [2.75, 3.05) is 7.11 Å². The van der Waals surface area contributed by atoms with Crippen LogP contribution in [0.1, 0.15) is 16.5 Å². The minimum Gasteiger partial charge on any atom is -0.494 e. The Labute approximate surface area is 124 Å². The van der Waals surface area contributed by atoms with Gasteiger partial charge in [-0.3, -0.25) is 0 Å². The van der Waals surface area contributed by atoms with Crippen molar-refractivity contribution in [3.05, 3.63) is 64.5 Å². The quantitative estimate of drug-likeness (QED) is 0.785. The molecule has 108 valence electrons. The zero-order valence-electron chi connectivity index (χ0n) is 11.3. The molecule has 5 heteroatoms. The first-order valence-electron chi connectivity index (χ1n) is 6.36. The summed E-state index contributed by atoms with van der Waals surface area (Å²) in [5.41, 5.74) is 6.84. The Hall–Kier alpha value is -1.98. The minimum absolute atomic E-state index is 0.185. The number of ether oxygens (including phenoxy) is 1. The molecule has 2 N–H and O–H groups in total. The molecular weight excluding hydrogens is 292 g/mol. The van der Waals surface area contributed by atoms with Gasteiger partial charge >= 0.3 is 0 Å². The molecule has 0 amide bonds. The van der Waals surface area contributed by atoms with E-state index >= 15 is 0 Å². The number of fused-ring (bicyclic) bond motifs is 1. The van der Waals surface area contributed by atoms with Crippen LogP contribution in [0.15, 0.2) is 42.5 Å². The number of methoxy groups -OCH3 is 1. The normalized spacial score (nSPS) is 12.6. The van der Waals surface area contributed by atoms with Gasteiger partial charge in [0.15, 0.2) is 11.6 Å². The first kappa shape index (κ1) is 14.0. The highest BCUT2D eigenvalue weighted by molar-refractivity contribution is 7.19. The van der Waals surface area contributed by atoms with E-state index in [2.05, 4.69) is 0 Å². The SMILES string of the molecule is COc1ccc(C(N)c2cc3ccc(F)cc3s2)cc1F. The van der Waals surface area contributed by atoms with E-state index in [0.29, 0.717) is 5.56 Å². The average molecular weight is 305 g/mol. The smallest absolute Gasteiger partial charge is 0.165 e. The molecule has 2 aromatic carbocycles. The third kappa shape index (κ3) is 2.62. The Bertz CT molecular complexity index is 800. The molecule has 21 heavy (non-hydrogen) atoms. The van der Waals surface area contributed by atoms with Gasteiger partial charge in [0, 0.05) is 9.58 Å². The van der Waals surface area contributed by atoms with Crippen LogP contribution in [-0.4, -0.2) is 7.11 Å². The number of halogens is 2. The lowest BCUT2D eigenvalue weighted by atomic mass is 10.1. The monoisotopic (exact) mass is 305 g/mol. The van der Waals surface area contributed by atoms with Gasteiger partial charge in [0.25, 0.3) is 0 Å². The van der Waals surface area contributed by atoms with E-state index in [-0.39, 0.29) is 11.6 Å². The van der Waals surface area contributed by atoms with E-state index in [4.69, 9.17) is 10.5 Å². The first-order valence-corrected chi connectivity index (χ1v) is 7.18. The highest BCUT2D eigenvalue weighted by atomic mass is 32.1. The van der Waals surface area contributed by atoms with Gasteiger partial charge in [0.1, 0.15) is 5.82 Å². The summed E-state index contributed by atoms with van der Waals surface area (Å²) in [6.07, 6.45) is 0. The van der Waals surface area contributed by atoms with Crippen molar-refractivity contribution in [2.24, 2.45) is 5.73 Å². The highest BCUT2D eigenvalue weighted by Crippen LogP contribution is 2.33. The predicted octanol–water partition coefficient (Wildman–Crippen LogP) is 4.24. The molecule has 1 heterocycles. The molecule has 0 fully saturated rings. The van der Waals surface area contributed by atoms with Crippen LogP contribution in [0.4, 0.5) is 8.78 Å². The zero-order valence-corrected chi connectivity index (χ0v) is 12.1. The molecule has 0 spiro atoms. The summed E-state index contributed by atoms with van der Waals surface area (Å²) in [6.45, 7) is 0. The van der Waals surface area contributed by atoms with E-state index in [1.807, 2.05) is 6.07 Å². The molecule has 0 aliphatic carbocycles. The van der Waals surface area contributed by atoms with Gasteiger partial charge in [-0.05, 0) is 41.3 Å². The molecule has 2 nitrogen and oxygen atoms in total. The van der Waals surface area contributed by atoms with Gasteiger partial charge in [0.2, 0.25) is 0 Å². The van der Waals surface area contributed by atoms with Gasteiger partial charge in [-0.2, -0.15) is 0 Å². The van der Waals surface area contributed by atoms with Crippen LogP contribution in [0.25, 0.3) is 10.1 Å². The van der Waals surface area contributed by atoms with Gasteiger partial charge in [-0.1, -0.05) is 12.1 Å². The van der Waals surface area contributed by atoms with Crippen LogP contribution in [0.5, 0.6) is 5.75 Å². The molecular formula is C16H13F2NOS. The Morgan fingerprint density at radius 2 is 1.90 bits per heavy atom. The van der Waals surface area contributed by atoms with E-state index in [9.17, 15) is 8.78 Å². The van der Waals surface area contributed by atoms with E-state index in [1.165, 1.54) is 36.6 Å². The minimum atomic E-state index is -0.453. The van der Waals surface area contributed by atoms with Crippen molar-refractivity contribution in [2.45, 2.75) is 6.04 Å². The Kier molecular flexibility index (Phi) is 3.61. The van der Waals surface area contributed by atoms with Crippen molar-refractivity contribution in [3.63, 3.8) is 0 Å². The largest absolute Gasteiger partial charge is 0.494 e. The summed E-state index contributed by atoms with van der Waals surface area (Å²) in [4.78, 5) is 0.861. The third-order valence-corrected chi connectivity index (χ3v) is 4.52. The van der Waals surface area contributed by atoms with Crippen molar-refractivity contribution < 1.29 is 13.5 Å². The lowest BCUT2D eigenvalue weighted by Gasteiger charge is -2.11. The molecule has 0 saturated heterocycles. The molecule has 1 aromatic heterocycles. The van der Waals surface area contributed by atoms with Crippen LogP contribution in [0.2, 0.25) is 0 Å². The summed E-state index contributed by atoms with van der Waals surface area (Å²) in [5, 5.41) is 0.931. The summed E-state index contributed by atoms with van der Waals surface area (Å²) < 4.78 is 32.7. The highest BCUT2D eigenvalue weighted by Gasteiger charge is 2.15.